The van der Waals surface area contributed by atoms with Crippen molar-refractivity contribution >= 4 is 22.4 Å². The second kappa shape index (κ2) is 7.53. The monoisotopic (exact) mass is 394 g/mol. The maximum atomic E-state index is 12.3. The second-order valence-corrected chi connectivity index (χ2v) is 7.77. The first-order valence-corrected chi connectivity index (χ1v) is 10.3. The topological polar surface area (TPSA) is 88.0 Å². The molecule has 1 amide bonds. The molecule has 1 aliphatic heterocycles. The first-order chi connectivity index (χ1) is 13.6. The Morgan fingerprint density at radius 1 is 1.21 bits per heavy atom. The smallest absolute Gasteiger partial charge is 0.274 e. The number of nitrogens with one attached hydrogen (secondary N) is 1. The van der Waals surface area contributed by atoms with E-state index in [1.54, 1.807) is 42.1 Å². The molecule has 1 atom stereocenters. The Kier molecular flexibility index (Phi) is 4.93. The molecule has 0 aromatic heterocycles. The summed E-state index contributed by atoms with van der Waals surface area (Å²) >= 11 is 0. The molecule has 2 aromatic rings. The minimum Gasteiger partial charge on any atom is -0.457 e. The fourth-order valence-corrected chi connectivity index (χ4v) is 3.92. The third-order valence-electron chi connectivity index (χ3n) is 4.62. The van der Waals surface area contributed by atoms with Gasteiger partial charge in [-0.25, -0.2) is 10.5 Å². The minimum absolute atomic E-state index is 0.331. The number of benzene rings is 2. The van der Waals surface area contributed by atoms with E-state index in [0.717, 1.165) is 35.4 Å². The molecule has 0 saturated carbocycles. The number of rotatable bonds is 3. The van der Waals surface area contributed by atoms with Crippen LogP contribution in [0.3, 0.4) is 0 Å². The van der Waals surface area contributed by atoms with Crippen LogP contribution in [0.15, 0.2) is 76.0 Å². The van der Waals surface area contributed by atoms with Crippen LogP contribution >= 0.6 is 0 Å². The summed E-state index contributed by atoms with van der Waals surface area (Å²) in [6.07, 6.45) is 7.19. The Balaban J connectivity index is 1.90. The standard InChI is InChI=1S/C21H18N2O4S/c1-28(26)18-8-4-5-15-19(13-9-11-14(12-10-13)21(24)23-25)22-16-6-2-3-7-17(16)27-20(15)18/h2,4-6,8-12,25H,3,7H2,1H3,(H,23,24). The Labute approximate surface area is 164 Å². The van der Waals surface area contributed by atoms with Crippen molar-refractivity contribution in [1.82, 2.24) is 5.48 Å². The molecule has 2 aromatic carbocycles. The van der Waals surface area contributed by atoms with Gasteiger partial charge in [0, 0.05) is 29.4 Å². The van der Waals surface area contributed by atoms with Gasteiger partial charge < -0.3 is 4.74 Å². The van der Waals surface area contributed by atoms with Gasteiger partial charge in [-0.15, -0.1) is 0 Å². The van der Waals surface area contributed by atoms with Gasteiger partial charge in [0.1, 0.15) is 11.5 Å². The number of fused-ring (bicyclic) bond motifs is 1. The zero-order valence-corrected chi connectivity index (χ0v) is 16.0. The van der Waals surface area contributed by atoms with Crippen LogP contribution in [0.4, 0.5) is 0 Å². The largest absolute Gasteiger partial charge is 0.457 e. The predicted octanol–water partition coefficient (Wildman–Crippen LogP) is 3.33. The van der Waals surface area contributed by atoms with Gasteiger partial charge >= 0.3 is 0 Å². The molecule has 0 fully saturated rings. The number of para-hydroxylation sites is 1. The number of aliphatic imine (C=N–C) groups is 1. The fraction of sp³-hybridized carbons (Fsp3) is 0.143. The highest BCUT2D eigenvalue weighted by molar-refractivity contribution is 7.84. The van der Waals surface area contributed by atoms with Crippen LogP contribution in [-0.4, -0.2) is 27.3 Å². The van der Waals surface area contributed by atoms with Gasteiger partial charge in [0.05, 0.1) is 21.4 Å². The fourth-order valence-electron chi connectivity index (χ4n) is 3.24. The lowest BCUT2D eigenvalue weighted by molar-refractivity contribution is 0.0706. The van der Waals surface area contributed by atoms with E-state index in [1.165, 1.54) is 0 Å². The van der Waals surface area contributed by atoms with Crippen LogP contribution in [0, 0.1) is 0 Å². The van der Waals surface area contributed by atoms with Crippen LogP contribution in [-0.2, 0) is 10.8 Å². The first kappa shape index (κ1) is 18.3. The molecular formula is C21H18N2O4S. The van der Waals surface area contributed by atoms with Gasteiger partial charge in [0.25, 0.3) is 5.91 Å². The third-order valence-corrected chi connectivity index (χ3v) is 5.56. The van der Waals surface area contributed by atoms with Gasteiger partial charge in [0.2, 0.25) is 0 Å². The Bertz CT molecular complexity index is 1070. The number of hydrogen-bond acceptors (Lipinski definition) is 5. The summed E-state index contributed by atoms with van der Waals surface area (Å²) in [7, 11) is -1.22. The summed E-state index contributed by atoms with van der Waals surface area (Å²) in [5, 5.41) is 8.80. The zero-order valence-electron chi connectivity index (χ0n) is 15.1. The molecule has 142 valence electrons. The number of ether oxygens (including phenoxy) is 1. The highest BCUT2D eigenvalue weighted by Gasteiger charge is 2.25. The van der Waals surface area contributed by atoms with Gasteiger partial charge in [-0.3, -0.25) is 14.2 Å². The van der Waals surface area contributed by atoms with E-state index in [2.05, 4.69) is 0 Å². The normalized spacial score (nSPS) is 16.3. The van der Waals surface area contributed by atoms with Crippen LogP contribution in [0.25, 0.3) is 0 Å². The van der Waals surface area contributed by atoms with E-state index in [9.17, 15) is 9.00 Å². The van der Waals surface area contributed by atoms with E-state index in [4.69, 9.17) is 14.9 Å². The van der Waals surface area contributed by atoms with Crippen molar-refractivity contribution in [2.75, 3.05) is 6.26 Å². The zero-order chi connectivity index (χ0) is 19.7. The number of carbonyl (C=O) groups is 1. The molecule has 1 unspecified atom stereocenters. The van der Waals surface area contributed by atoms with Crippen LogP contribution in [0.2, 0.25) is 0 Å². The lowest BCUT2D eigenvalue weighted by Crippen LogP contribution is -2.18. The molecule has 0 radical (unpaired) electrons. The Hall–Kier alpha value is -3.03. The molecule has 1 aliphatic carbocycles. The summed E-state index contributed by atoms with van der Waals surface area (Å²) in [4.78, 5) is 17.1. The van der Waals surface area contributed by atoms with E-state index in [1.807, 2.05) is 24.3 Å². The summed E-state index contributed by atoms with van der Waals surface area (Å²) < 4.78 is 18.5. The molecule has 0 spiro atoms. The number of hydrogen-bond donors (Lipinski definition) is 2. The van der Waals surface area contributed by atoms with Crippen molar-refractivity contribution < 1.29 is 18.9 Å². The average Bonchev–Trinajstić information content (AvgIpc) is 2.89. The van der Waals surface area contributed by atoms with E-state index >= 15 is 0 Å². The van der Waals surface area contributed by atoms with Crippen LogP contribution in [0.5, 0.6) is 5.75 Å². The molecular weight excluding hydrogens is 376 g/mol. The highest BCUT2D eigenvalue weighted by atomic mass is 32.2. The van der Waals surface area contributed by atoms with Gasteiger partial charge in [0.15, 0.2) is 5.75 Å². The van der Waals surface area contributed by atoms with Crippen LogP contribution in [0.1, 0.15) is 34.3 Å². The van der Waals surface area contributed by atoms with Crippen molar-refractivity contribution in [2.45, 2.75) is 17.7 Å². The van der Waals surface area contributed by atoms with Crippen molar-refractivity contribution in [1.29, 1.82) is 0 Å². The molecule has 6 nitrogen and oxygen atoms in total. The summed E-state index contributed by atoms with van der Waals surface area (Å²) in [5.74, 6) is 0.731. The van der Waals surface area contributed by atoms with E-state index < -0.39 is 16.7 Å². The van der Waals surface area contributed by atoms with Gasteiger partial charge in [-0.05, 0) is 36.8 Å². The van der Waals surface area contributed by atoms with E-state index in [0.29, 0.717) is 21.9 Å². The predicted molar refractivity (Wildman–Crippen MR) is 106 cm³/mol. The number of carbonyl (C=O) groups excluding carboxylic acids is 1. The van der Waals surface area contributed by atoms with Gasteiger partial charge in [-0.2, -0.15) is 0 Å². The molecule has 0 bridgehead atoms. The molecule has 2 N–H and O–H groups in total. The van der Waals surface area contributed by atoms with Crippen LogP contribution < -0.4 is 10.2 Å². The Morgan fingerprint density at radius 3 is 2.71 bits per heavy atom. The van der Waals surface area contributed by atoms with Gasteiger partial charge in [-0.1, -0.05) is 24.3 Å². The average molecular weight is 394 g/mol. The first-order valence-electron chi connectivity index (χ1n) is 8.76. The van der Waals surface area contributed by atoms with E-state index in [-0.39, 0.29) is 0 Å². The summed E-state index contributed by atoms with van der Waals surface area (Å²) in [5.41, 5.74) is 4.90. The lowest BCUT2D eigenvalue weighted by atomic mass is 10.00. The maximum absolute atomic E-state index is 12.3. The van der Waals surface area contributed by atoms with Crippen molar-refractivity contribution in [2.24, 2.45) is 4.99 Å². The second-order valence-electron chi connectivity index (χ2n) is 6.42. The van der Waals surface area contributed by atoms with Crippen molar-refractivity contribution in [3.05, 3.63) is 82.8 Å². The minimum atomic E-state index is -1.22. The third kappa shape index (κ3) is 3.30. The Morgan fingerprint density at radius 2 is 2.00 bits per heavy atom. The summed E-state index contributed by atoms with van der Waals surface area (Å²) in [6.45, 7) is 0. The number of nitrogens with zero attached hydrogens (tertiary/aromatic N) is 1. The molecule has 4 rings (SSSR count). The lowest BCUT2D eigenvalue weighted by Gasteiger charge is -2.16. The van der Waals surface area contributed by atoms with Crippen molar-refractivity contribution in [3.8, 4) is 5.75 Å². The molecule has 2 aliphatic rings. The number of allylic oxidation sites excluding steroid dienone is 3. The number of hydroxylamine groups is 1. The molecule has 0 saturated heterocycles. The highest BCUT2D eigenvalue weighted by Crippen LogP contribution is 2.36. The molecule has 1 heterocycles. The molecule has 7 heteroatoms. The molecule has 28 heavy (non-hydrogen) atoms. The number of amides is 1. The maximum Gasteiger partial charge on any atom is 0.274 e. The SMILES string of the molecule is CS(=O)c1cccc2c1OC1=C(C=CCC1)N=C2c1ccc(C(=O)NO)cc1. The summed E-state index contributed by atoms with van der Waals surface area (Å²) in [6, 6.07) is 12.3. The quantitative estimate of drug-likeness (QED) is 0.617. The van der Waals surface area contributed by atoms with Crippen molar-refractivity contribution in [3.63, 3.8) is 0 Å².